The van der Waals surface area contributed by atoms with Gasteiger partial charge in [0.25, 0.3) is 5.91 Å². The highest BCUT2D eigenvalue weighted by molar-refractivity contribution is 6.03. The molecule has 2 heterocycles. The average molecular weight is 388 g/mol. The first-order valence-electron chi connectivity index (χ1n) is 9.80. The van der Waals surface area contributed by atoms with Crippen molar-refractivity contribution in [1.29, 1.82) is 0 Å². The molecule has 148 valence electrons. The number of carbonyl (C=O) groups excluding carboxylic acids is 1. The second-order valence-corrected chi connectivity index (χ2v) is 7.28. The molecule has 2 aromatic heterocycles. The zero-order valence-corrected chi connectivity index (χ0v) is 16.9. The van der Waals surface area contributed by atoms with Crippen molar-refractivity contribution in [2.75, 3.05) is 11.9 Å². The Labute approximate surface area is 169 Å². The predicted octanol–water partition coefficient (Wildman–Crippen LogP) is 4.63. The van der Waals surface area contributed by atoms with E-state index in [4.69, 9.17) is 9.72 Å². The number of benzene rings is 2. The molecule has 1 amide bonds. The molecule has 0 aliphatic carbocycles. The van der Waals surface area contributed by atoms with Crippen LogP contribution in [0.25, 0.3) is 21.9 Å². The smallest absolute Gasteiger partial charge is 0.263 e. The third-order valence-electron chi connectivity index (χ3n) is 4.76. The fourth-order valence-electron chi connectivity index (χ4n) is 3.27. The number of fused-ring (bicyclic) bond motifs is 2. The molecule has 0 atom stereocenters. The van der Waals surface area contributed by atoms with Crippen molar-refractivity contribution in [2.45, 2.75) is 33.7 Å². The number of rotatable bonds is 6. The second-order valence-electron chi connectivity index (χ2n) is 7.28. The Bertz CT molecular complexity index is 1180. The van der Waals surface area contributed by atoms with E-state index >= 15 is 0 Å². The van der Waals surface area contributed by atoms with E-state index in [0.717, 1.165) is 46.0 Å². The number of aryl methyl sites for hydroxylation is 3. The minimum absolute atomic E-state index is 0.0780. The van der Waals surface area contributed by atoms with Crippen molar-refractivity contribution in [2.24, 2.45) is 0 Å². The van der Waals surface area contributed by atoms with Gasteiger partial charge >= 0.3 is 0 Å². The van der Waals surface area contributed by atoms with Crippen molar-refractivity contribution < 1.29 is 9.53 Å². The molecule has 1 N–H and O–H groups in total. The van der Waals surface area contributed by atoms with Gasteiger partial charge in [0.2, 0.25) is 0 Å². The molecule has 6 nitrogen and oxygen atoms in total. The number of hydrogen-bond donors (Lipinski definition) is 1. The minimum Gasteiger partial charge on any atom is -0.484 e. The molecule has 0 spiro atoms. The van der Waals surface area contributed by atoms with E-state index < -0.39 is 0 Å². The summed E-state index contributed by atoms with van der Waals surface area (Å²) < 4.78 is 7.44. The molecular weight excluding hydrogens is 364 g/mol. The molecule has 4 aromatic rings. The number of aromatic nitrogens is 3. The quantitative estimate of drug-likeness (QED) is 0.523. The van der Waals surface area contributed by atoms with Gasteiger partial charge in [-0.2, -0.15) is 5.10 Å². The van der Waals surface area contributed by atoms with Gasteiger partial charge in [0, 0.05) is 11.9 Å². The summed E-state index contributed by atoms with van der Waals surface area (Å²) >= 11 is 0. The van der Waals surface area contributed by atoms with Gasteiger partial charge in [-0.05, 0) is 50.1 Å². The first-order chi connectivity index (χ1) is 14.0. The van der Waals surface area contributed by atoms with E-state index in [1.165, 1.54) is 0 Å². The number of pyridine rings is 1. The first-order valence-corrected chi connectivity index (χ1v) is 9.80. The van der Waals surface area contributed by atoms with E-state index in [9.17, 15) is 4.79 Å². The molecule has 0 saturated heterocycles. The molecule has 6 heteroatoms. The van der Waals surface area contributed by atoms with Crippen molar-refractivity contribution in [1.82, 2.24) is 14.8 Å². The lowest BCUT2D eigenvalue weighted by molar-refractivity contribution is -0.118. The number of nitrogens with zero attached hydrogens (tertiary/aromatic N) is 3. The molecule has 29 heavy (non-hydrogen) atoms. The summed E-state index contributed by atoms with van der Waals surface area (Å²) in [4.78, 5) is 17.3. The van der Waals surface area contributed by atoms with Crippen molar-refractivity contribution in [3.8, 4) is 5.75 Å². The standard InChI is InChI=1S/C23H24N4O2/c1-4-11-27-23-19(13-17-8-5-16(3)12-20(17)24-23)22(26-27)25-21(28)14-29-18-9-6-15(2)7-10-18/h5-10,12-13H,4,11,14H2,1-3H3,(H,25,26,28). The third kappa shape index (κ3) is 4.06. The number of ether oxygens (including phenoxy) is 1. The summed E-state index contributed by atoms with van der Waals surface area (Å²) in [6, 6.07) is 15.8. The van der Waals surface area contributed by atoms with Crippen LogP contribution in [0.1, 0.15) is 24.5 Å². The summed E-state index contributed by atoms with van der Waals surface area (Å²) in [6.07, 6.45) is 0.925. The Morgan fingerprint density at radius 1 is 1.07 bits per heavy atom. The van der Waals surface area contributed by atoms with Crippen LogP contribution in [0.15, 0.2) is 48.5 Å². The minimum atomic E-state index is -0.252. The van der Waals surface area contributed by atoms with Crippen LogP contribution in [0.4, 0.5) is 5.82 Å². The maximum atomic E-state index is 12.5. The highest BCUT2D eigenvalue weighted by atomic mass is 16.5. The van der Waals surface area contributed by atoms with Gasteiger partial charge in [-0.1, -0.05) is 36.8 Å². The number of amides is 1. The van der Waals surface area contributed by atoms with E-state index in [1.807, 2.05) is 54.9 Å². The van der Waals surface area contributed by atoms with E-state index in [2.05, 4.69) is 29.5 Å². The number of hydrogen-bond acceptors (Lipinski definition) is 4. The van der Waals surface area contributed by atoms with Gasteiger partial charge in [-0.15, -0.1) is 0 Å². The van der Waals surface area contributed by atoms with Gasteiger partial charge in [-0.25, -0.2) is 9.67 Å². The SMILES string of the molecule is CCCn1nc(NC(=O)COc2ccc(C)cc2)c2cc3ccc(C)cc3nc21. The predicted molar refractivity (Wildman–Crippen MR) is 115 cm³/mol. The zero-order valence-electron chi connectivity index (χ0n) is 16.9. The Morgan fingerprint density at radius 2 is 1.83 bits per heavy atom. The van der Waals surface area contributed by atoms with Crippen LogP contribution in [-0.2, 0) is 11.3 Å². The maximum Gasteiger partial charge on any atom is 0.263 e. The van der Waals surface area contributed by atoms with Crippen LogP contribution in [0.3, 0.4) is 0 Å². The molecule has 4 rings (SSSR count). The van der Waals surface area contributed by atoms with Crippen molar-refractivity contribution in [3.63, 3.8) is 0 Å². The summed E-state index contributed by atoms with van der Waals surface area (Å²) in [5, 5.41) is 9.33. The summed E-state index contributed by atoms with van der Waals surface area (Å²) in [5.74, 6) is 0.925. The second kappa shape index (κ2) is 7.91. The average Bonchev–Trinajstić information content (AvgIpc) is 3.02. The molecule has 0 fully saturated rings. The Hall–Kier alpha value is -3.41. The van der Waals surface area contributed by atoms with Crippen molar-refractivity contribution >= 4 is 33.7 Å². The van der Waals surface area contributed by atoms with Crippen molar-refractivity contribution in [3.05, 3.63) is 59.7 Å². The monoisotopic (exact) mass is 388 g/mol. The number of nitrogens with one attached hydrogen (secondary N) is 1. The van der Waals surface area contributed by atoms with Crippen LogP contribution < -0.4 is 10.1 Å². The van der Waals surface area contributed by atoms with E-state index in [0.29, 0.717) is 11.6 Å². The Balaban J connectivity index is 1.61. The number of anilines is 1. The lowest BCUT2D eigenvalue weighted by Crippen LogP contribution is -2.20. The van der Waals surface area contributed by atoms with Gasteiger partial charge in [0.15, 0.2) is 18.1 Å². The maximum absolute atomic E-state index is 12.5. The highest BCUT2D eigenvalue weighted by Crippen LogP contribution is 2.26. The van der Waals surface area contributed by atoms with Gasteiger partial charge in [0.1, 0.15) is 5.75 Å². The summed E-state index contributed by atoms with van der Waals surface area (Å²) in [5.41, 5.74) is 4.01. The van der Waals surface area contributed by atoms with Gasteiger partial charge < -0.3 is 10.1 Å². The van der Waals surface area contributed by atoms with Crippen LogP contribution in [0, 0.1) is 13.8 Å². The molecule has 0 saturated carbocycles. The van der Waals surface area contributed by atoms with Gasteiger partial charge in [-0.3, -0.25) is 4.79 Å². The third-order valence-corrected chi connectivity index (χ3v) is 4.76. The lowest BCUT2D eigenvalue weighted by atomic mass is 10.1. The fraction of sp³-hybridized carbons (Fsp3) is 0.261. The Morgan fingerprint density at radius 3 is 2.59 bits per heavy atom. The van der Waals surface area contributed by atoms with Gasteiger partial charge in [0.05, 0.1) is 10.9 Å². The van der Waals surface area contributed by atoms with E-state index in [1.54, 1.807) is 0 Å². The summed E-state index contributed by atoms with van der Waals surface area (Å²) in [6.45, 7) is 6.80. The lowest BCUT2D eigenvalue weighted by Gasteiger charge is -2.06. The van der Waals surface area contributed by atoms with Crippen LogP contribution in [0.2, 0.25) is 0 Å². The fourth-order valence-corrected chi connectivity index (χ4v) is 3.27. The van der Waals surface area contributed by atoms with E-state index in [-0.39, 0.29) is 12.5 Å². The molecule has 0 aliphatic heterocycles. The molecular formula is C23H24N4O2. The highest BCUT2D eigenvalue weighted by Gasteiger charge is 2.15. The number of carbonyl (C=O) groups is 1. The topological polar surface area (TPSA) is 69.0 Å². The molecule has 2 aromatic carbocycles. The molecule has 0 bridgehead atoms. The molecule has 0 radical (unpaired) electrons. The normalized spacial score (nSPS) is 11.1. The van der Waals surface area contributed by atoms with Crippen LogP contribution in [-0.4, -0.2) is 27.3 Å². The first kappa shape index (κ1) is 18.9. The van der Waals surface area contributed by atoms with Crippen LogP contribution in [0.5, 0.6) is 5.75 Å². The molecule has 0 aliphatic rings. The Kier molecular flexibility index (Phi) is 5.16. The molecule has 0 unspecified atom stereocenters. The van der Waals surface area contributed by atoms with Crippen LogP contribution >= 0.6 is 0 Å². The summed E-state index contributed by atoms with van der Waals surface area (Å²) in [7, 11) is 0. The zero-order chi connectivity index (χ0) is 20.4. The largest absolute Gasteiger partial charge is 0.484 e.